The Hall–Kier alpha value is -2.56. The van der Waals surface area contributed by atoms with Crippen molar-refractivity contribution in [1.82, 2.24) is 5.32 Å². The Morgan fingerprint density at radius 2 is 1.89 bits per heavy atom. The largest absolute Gasteiger partial charge is 0.460 e. The minimum Gasteiger partial charge on any atom is -0.460 e. The summed E-state index contributed by atoms with van der Waals surface area (Å²) in [5.74, 6) is -0.777. The first-order valence-corrected chi connectivity index (χ1v) is 5.77. The zero-order valence-electron chi connectivity index (χ0n) is 10.2. The van der Waals surface area contributed by atoms with Gasteiger partial charge in [-0.1, -0.05) is 30.3 Å². The SMILES string of the molecule is O=C(CNC(=O)c1ccco1)OCc1ccccc1. The highest BCUT2D eigenvalue weighted by molar-refractivity contribution is 5.93. The molecule has 0 unspecified atom stereocenters. The van der Waals surface area contributed by atoms with Gasteiger partial charge in [-0.3, -0.25) is 9.59 Å². The fourth-order valence-electron chi connectivity index (χ4n) is 1.44. The predicted molar refractivity (Wildman–Crippen MR) is 67.3 cm³/mol. The first-order valence-electron chi connectivity index (χ1n) is 5.77. The van der Waals surface area contributed by atoms with Gasteiger partial charge in [-0.15, -0.1) is 0 Å². The van der Waals surface area contributed by atoms with Gasteiger partial charge < -0.3 is 14.5 Å². The summed E-state index contributed by atoms with van der Waals surface area (Å²) < 4.78 is 9.90. The van der Waals surface area contributed by atoms with Gasteiger partial charge in [0.05, 0.1) is 6.26 Å². The summed E-state index contributed by atoms with van der Waals surface area (Å²) in [6.07, 6.45) is 1.39. The normalized spacial score (nSPS) is 9.89. The van der Waals surface area contributed by atoms with Crippen LogP contribution in [0.3, 0.4) is 0 Å². The third kappa shape index (κ3) is 3.99. The first-order chi connectivity index (χ1) is 9.25. The molecule has 0 saturated carbocycles. The highest BCUT2D eigenvalue weighted by Gasteiger charge is 2.10. The average molecular weight is 259 g/mol. The number of hydrogen-bond acceptors (Lipinski definition) is 4. The number of amides is 1. The molecule has 0 radical (unpaired) electrons. The molecule has 0 aliphatic rings. The van der Waals surface area contributed by atoms with Gasteiger partial charge in [0.2, 0.25) is 0 Å². The molecule has 0 aliphatic carbocycles. The minimum atomic E-state index is -0.497. The zero-order chi connectivity index (χ0) is 13.5. The Morgan fingerprint density at radius 1 is 1.11 bits per heavy atom. The van der Waals surface area contributed by atoms with E-state index in [0.29, 0.717) is 0 Å². The van der Waals surface area contributed by atoms with Crippen LogP contribution in [0.15, 0.2) is 53.1 Å². The van der Waals surface area contributed by atoms with E-state index in [0.717, 1.165) is 5.56 Å². The summed E-state index contributed by atoms with van der Waals surface area (Å²) in [4.78, 5) is 22.9. The van der Waals surface area contributed by atoms with Gasteiger partial charge >= 0.3 is 5.97 Å². The van der Waals surface area contributed by atoms with E-state index >= 15 is 0 Å². The standard InChI is InChI=1S/C14H13NO4/c16-13(19-10-11-5-2-1-3-6-11)9-15-14(17)12-7-4-8-18-12/h1-8H,9-10H2,(H,15,17). The fraction of sp³-hybridized carbons (Fsp3) is 0.143. The molecule has 0 fully saturated rings. The number of carbonyl (C=O) groups excluding carboxylic acids is 2. The number of benzene rings is 1. The molecule has 0 atom stereocenters. The molecule has 1 aromatic heterocycles. The molecule has 5 heteroatoms. The molecule has 2 aromatic rings. The lowest BCUT2D eigenvalue weighted by Crippen LogP contribution is -2.30. The Bertz CT molecular complexity index is 534. The lowest BCUT2D eigenvalue weighted by Gasteiger charge is -2.05. The highest BCUT2D eigenvalue weighted by Crippen LogP contribution is 2.01. The van der Waals surface area contributed by atoms with Crippen molar-refractivity contribution in [3.05, 3.63) is 60.1 Å². The second kappa shape index (κ2) is 6.39. The van der Waals surface area contributed by atoms with Crippen LogP contribution in [-0.4, -0.2) is 18.4 Å². The van der Waals surface area contributed by atoms with E-state index in [-0.39, 0.29) is 18.9 Å². The molecule has 1 N–H and O–H groups in total. The summed E-state index contributed by atoms with van der Waals surface area (Å²) in [5, 5.41) is 2.41. The molecule has 1 aromatic carbocycles. The van der Waals surface area contributed by atoms with Crippen molar-refractivity contribution in [2.45, 2.75) is 6.61 Å². The number of esters is 1. The monoisotopic (exact) mass is 259 g/mol. The van der Waals surface area contributed by atoms with Crippen LogP contribution in [0.25, 0.3) is 0 Å². The lowest BCUT2D eigenvalue weighted by atomic mass is 10.2. The van der Waals surface area contributed by atoms with Gasteiger partial charge in [-0.2, -0.15) is 0 Å². The molecule has 0 bridgehead atoms. The van der Waals surface area contributed by atoms with Crippen LogP contribution < -0.4 is 5.32 Å². The van der Waals surface area contributed by atoms with E-state index in [1.54, 1.807) is 6.07 Å². The molecule has 0 spiro atoms. The van der Waals surface area contributed by atoms with Crippen molar-refractivity contribution >= 4 is 11.9 Å². The highest BCUT2D eigenvalue weighted by atomic mass is 16.5. The van der Waals surface area contributed by atoms with Gasteiger partial charge in [0.25, 0.3) is 5.91 Å². The number of hydrogen-bond donors (Lipinski definition) is 1. The summed E-state index contributed by atoms with van der Waals surface area (Å²) in [6, 6.07) is 12.4. The van der Waals surface area contributed by atoms with Crippen molar-refractivity contribution in [2.75, 3.05) is 6.54 Å². The van der Waals surface area contributed by atoms with E-state index in [2.05, 4.69) is 5.32 Å². The molecule has 1 heterocycles. The summed E-state index contributed by atoms with van der Waals surface area (Å²) in [5.41, 5.74) is 0.896. The Kier molecular flexibility index (Phi) is 4.34. The number of rotatable bonds is 5. The van der Waals surface area contributed by atoms with E-state index in [9.17, 15) is 9.59 Å². The molecule has 0 saturated heterocycles. The maximum atomic E-state index is 11.5. The van der Waals surface area contributed by atoms with Gasteiger partial charge in [0.1, 0.15) is 13.2 Å². The van der Waals surface area contributed by atoms with Crippen molar-refractivity contribution in [1.29, 1.82) is 0 Å². The average Bonchev–Trinajstić information content (AvgIpc) is 2.98. The molecule has 0 aliphatic heterocycles. The van der Waals surface area contributed by atoms with Crippen LogP contribution >= 0.6 is 0 Å². The van der Waals surface area contributed by atoms with Crippen LogP contribution in [0.4, 0.5) is 0 Å². The predicted octanol–water partition coefficient (Wildman–Crippen LogP) is 1.75. The van der Waals surface area contributed by atoms with E-state index in [1.807, 2.05) is 30.3 Å². The maximum absolute atomic E-state index is 11.5. The van der Waals surface area contributed by atoms with Gasteiger partial charge in [-0.25, -0.2) is 0 Å². The molecule has 98 valence electrons. The van der Waals surface area contributed by atoms with Gasteiger partial charge in [0.15, 0.2) is 5.76 Å². The molecule has 1 amide bonds. The van der Waals surface area contributed by atoms with Crippen LogP contribution in [0.5, 0.6) is 0 Å². The molecular weight excluding hydrogens is 246 g/mol. The third-order valence-electron chi connectivity index (χ3n) is 2.38. The first kappa shape index (κ1) is 12.9. The molecular formula is C14H13NO4. The summed E-state index contributed by atoms with van der Waals surface area (Å²) in [7, 11) is 0. The maximum Gasteiger partial charge on any atom is 0.325 e. The smallest absolute Gasteiger partial charge is 0.325 e. The van der Waals surface area contributed by atoms with Crippen molar-refractivity contribution < 1.29 is 18.7 Å². The number of furan rings is 1. The molecule has 2 rings (SSSR count). The van der Waals surface area contributed by atoms with Crippen LogP contribution in [-0.2, 0) is 16.1 Å². The van der Waals surface area contributed by atoms with Gasteiger partial charge in [0, 0.05) is 0 Å². The Morgan fingerprint density at radius 3 is 2.58 bits per heavy atom. The Balaban J connectivity index is 1.72. The molecule has 19 heavy (non-hydrogen) atoms. The summed E-state index contributed by atoms with van der Waals surface area (Å²) >= 11 is 0. The second-order valence-electron chi connectivity index (χ2n) is 3.81. The quantitative estimate of drug-likeness (QED) is 0.831. The van der Waals surface area contributed by atoms with Crippen molar-refractivity contribution in [2.24, 2.45) is 0 Å². The van der Waals surface area contributed by atoms with Crippen LogP contribution in [0.2, 0.25) is 0 Å². The number of nitrogens with one attached hydrogen (secondary N) is 1. The van der Waals surface area contributed by atoms with Crippen molar-refractivity contribution in [3.8, 4) is 0 Å². The number of ether oxygens (including phenoxy) is 1. The third-order valence-corrected chi connectivity index (χ3v) is 2.38. The van der Waals surface area contributed by atoms with Crippen LogP contribution in [0.1, 0.15) is 16.1 Å². The minimum absolute atomic E-state index is 0.163. The lowest BCUT2D eigenvalue weighted by molar-refractivity contribution is -0.143. The zero-order valence-corrected chi connectivity index (χ0v) is 10.2. The fourth-order valence-corrected chi connectivity index (χ4v) is 1.44. The van der Waals surface area contributed by atoms with Crippen molar-refractivity contribution in [3.63, 3.8) is 0 Å². The topological polar surface area (TPSA) is 68.5 Å². The van der Waals surface area contributed by atoms with Gasteiger partial charge in [-0.05, 0) is 17.7 Å². The second-order valence-corrected chi connectivity index (χ2v) is 3.81. The van der Waals surface area contributed by atoms with E-state index < -0.39 is 11.9 Å². The number of carbonyl (C=O) groups is 2. The Labute approximate surface area is 110 Å². The van der Waals surface area contributed by atoms with E-state index in [4.69, 9.17) is 9.15 Å². The van der Waals surface area contributed by atoms with E-state index in [1.165, 1.54) is 12.3 Å². The molecule has 5 nitrogen and oxygen atoms in total. The van der Waals surface area contributed by atoms with Crippen LogP contribution in [0, 0.1) is 0 Å². The summed E-state index contributed by atoms with van der Waals surface area (Å²) in [6.45, 7) is 0.00264.